The van der Waals surface area contributed by atoms with Gasteiger partial charge in [-0.05, 0) is 24.4 Å². The summed E-state index contributed by atoms with van der Waals surface area (Å²) in [5.74, 6) is 0.378. The van der Waals surface area contributed by atoms with E-state index in [1.165, 1.54) is 11.5 Å². The van der Waals surface area contributed by atoms with Crippen molar-refractivity contribution in [2.24, 2.45) is 0 Å². The average Bonchev–Trinajstić information content (AvgIpc) is 2.82. The van der Waals surface area contributed by atoms with Crippen molar-refractivity contribution in [1.29, 1.82) is 0 Å². The molecule has 0 fully saturated rings. The summed E-state index contributed by atoms with van der Waals surface area (Å²) in [5, 5.41) is 5.48. The van der Waals surface area contributed by atoms with Crippen molar-refractivity contribution < 1.29 is 4.79 Å². The maximum absolute atomic E-state index is 12.1. The molecule has 1 aromatic heterocycles. The third kappa shape index (κ3) is 3.15. The predicted molar refractivity (Wildman–Crippen MR) is 66.0 cm³/mol. The molecule has 6 heteroatoms. The number of carbonyl (C=O) groups is 1. The first-order chi connectivity index (χ1) is 7.74. The normalized spacial score (nSPS) is 10.8. The van der Waals surface area contributed by atoms with Crippen molar-refractivity contribution in [2.45, 2.75) is 32.7 Å². The van der Waals surface area contributed by atoms with Crippen LogP contribution >= 0.6 is 23.1 Å². The molecule has 16 heavy (non-hydrogen) atoms. The fourth-order valence-electron chi connectivity index (χ4n) is 1.68. The zero-order valence-electron chi connectivity index (χ0n) is 9.52. The maximum atomic E-state index is 12.1. The van der Waals surface area contributed by atoms with Crippen molar-refractivity contribution in [3.63, 3.8) is 0 Å². The minimum absolute atomic E-state index is 0.0666. The van der Waals surface area contributed by atoms with Crippen LogP contribution in [0.25, 0.3) is 0 Å². The van der Waals surface area contributed by atoms with E-state index in [1.807, 2.05) is 0 Å². The number of amides is 1. The molecule has 0 saturated carbocycles. The van der Waals surface area contributed by atoms with Gasteiger partial charge in [-0.15, -0.1) is 16.7 Å². The summed E-state index contributed by atoms with van der Waals surface area (Å²) in [4.78, 5) is 13.9. The van der Waals surface area contributed by atoms with Crippen molar-refractivity contribution in [2.75, 3.05) is 12.4 Å². The maximum Gasteiger partial charge on any atom is 0.275 e. The number of hydrogen-bond acceptors (Lipinski definition) is 4. The first-order valence-corrected chi connectivity index (χ1v) is 6.75. The quantitative estimate of drug-likeness (QED) is 0.739. The Morgan fingerprint density at radius 1 is 1.56 bits per heavy atom. The zero-order chi connectivity index (χ0) is 12.0. The highest BCUT2D eigenvalue weighted by Gasteiger charge is 2.23. The van der Waals surface area contributed by atoms with Crippen molar-refractivity contribution in [3.8, 4) is 0 Å². The molecule has 1 aromatic rings. The Labute approximate surface area is 105 Å². The summed E-state index contributed by atoms with van der Waals surface area (Å²) in [6, 6.07) is 0.230. The number of alkyl halides is 1. The third-order valence-corrected chi connectivity index (χ3v) is 3.22. The van der Waals surface area contributed by atoms with E-state index >= 15 is 0 Å². The van der Waals surface area contributed by atoms with Crippen LogP contribution in [0.3, 0.4) is 0 Å². The Kier molecular flexibility index (Phi) is 5.69. The first-order valence-electron chi connectivity index (χ1n) is 5.38. The van der Waals surface area contributed by atoms with Gasteiger partial charge in [-0.3, -0.25) is 4.79 Å². The summed E-state index contributed by atoms with van der Waals surface area (Å²) >= 11 is 6.92. The van der Waals surface area contributed by atoms with Crippen LogP contribution in [0, 0.1) is 0 Å². The van der Waals surface area contributed by atoms with Crippen LogP contribution in [0.1, 0.15) is 37.2 Å². The topological polar surface area (TPSA) is 46.1 Å². The van der Waals surface area contributed by atoms with E-state index in [4.69, 9.17) is 11.6 Å². The molecule has 0 N–H and O–H groups in total. The molecule has 0 unspecified atom stereocenters. The van der Waals surface area contributed by atoms with Gasteiger partial charge >= 0.3 is 0 Å². The second-order valence-corrected chi connectivity index (χ2v) is 4.44. The number of aromatic nitrogens is 2. The molecule has 0 bridgehead atoms. The van der Waals surface area contributed by atoms with E-state index in [9.17, 15) is 4.79 Å². The Bertz CT molecular complexity index is 314. The Morgan fingerprint density at radius 3 is 2.69 bits per heavy atom. The van der Waals surface area contributed by atoms with E-state index in [2.05, 4.69) is 23.4 Å². The minimum atomic E-state index is -0.0666. The molecule has 90 valence electrons. The molecule has 0 aromatic carbocycles. The second kappa shape index (κ2) is 6.81. The van der Waals surface area contributed by atoms with Gasteiger partial charge in [-0.25, -0.2) is 0 Å². The highest BCUT2D eigenvalue weighted by atomic mass is 35.5. The van der Waals surface area contributed by atoms with Gasteiger partial charge in [-0.1, -0.05) is 18.3 Å². The van der Waals surface area contributed by atoms with Gasteiger partial charge in [0.1, 0.15) is 0 Å². The van der Waals surface area contributed by atoms with Gasteiger partial charge in [0.05, 0.1) is 0 Å². The molecule has 0 aliphatic rings. The van der Waals surface area contributed by atoms with Crippen LogP contribution in [0.2, 0.25) is 0 Å². The van der Waals surface area contributed by atoms with Crippen LogP contribution in [-0.4, -0.2) is 38.9 Å². The lowest BCUT2D eigenvalue weighted by Gasteiger charge is -2.29. The summed E-state index contributed by atoms with van der Waals surface area (Å²) in [5.41, 5.74) is 0.419. The zero-order valence-corrected chi connectivity index (χ0v) is 11.1. The van der Waals surface area contributed by atoms with Gasteiger partial charge in [0.2, 0.25) is 0 Å². The summed E-state index contributed by atoms with van der Waals surface area (Å²) < 4.78 is 3.71. The number of rotatable bonds is 6. The van der Waals surface area contributed by atoms with Crippen molar-refractivity contribution in [1.82, 2.24) is 14.5 Å². The molecule has 1 rings (SSSR count). The monoisotopic (exact) mass is 261 g/mol. The van der Waals surface area contributed by atoms with Crippen LogP contribution in [-0.2, 0) is 0 Å². The highest BCUT2D eigenvalue weighted by molar-refractivity contribution is 7.03. The molecule has 0 spiro atoms. The van der Waals surface area contributed by atoms with Crippen molar-refractivity contribution in [3.05, 3.63) is 11.1 Å². The van der Waals surface area contributed by atoms with Crippen LogP contribution < -0.4 is 0 Å². The van der Waals surface area contributed by atoms with Crippen molar-refractivity contribution >= 4 is 29.0 Å². The molecule has 0 radical (unpaired) electrons. The second-order valence-electron chi connectivity index (χ2n) is 3.45. The van der Waals surface area contributed by atoms with Gasteiger partial charge in [0.25, 0.3) is 5.91 Å². The SMILES string of the molecule is CCC(CC)N(CCCl)C(=O)c1csnn1. The largest absolute Gasteiger partial charge is 0.333 e. The van der Waals surface area contributed by atoms with Crippen LogP contribution in [0.5, 0.6) is 0 Å². The van der Waals surface area contributed by atoms with E-state index in [0.717, 1.165) is 12.8 Å². The molecule has 0 atom stereocenters. The summed E-state index contributed by atoms with van der Waals surface area (Å²) in [7, 11) is 0. The number of hydrogen-bond donors (Lipinski definition) is 0. The summed E-state index contributed by atoms with van der Waals surface area (Å²) in [6.45, 7) is 4.70. The first kappa shape index (κ1) is 13.4. The van der Waals surface area contributed by atoms with E-state index in [0.29, 0.717) is 18.1 Å². The molecule has 1 amide bonds. The molecule has 0 aliphatic heterocycles. The standard InChI is InChI=1S/C10H16ClN3OS/c1-3-8(4-2)14(6-5-11)10(15)9-7-16-13-12-9/h7-8H,3-6H2,1-2H3. The fourth-order valence-corrected chi connectivity index (χ4v) is 2.29. The Hall–Kier alpha value is -0.680. The Morgan fingerprint density at radius 2 is 2.25 bits per heavy atom. The Balaban J connectivity index is 2.80. The third-order valence-electron chi connectivity index (χ3n) is 2.55. The lowest BCUT2D eigenvalue weighted by molar-refractivity contribution is 0.0675. The van der Waals surface area contributed by atoms with Gasteiger partial charge in [0.15, 0.2) is 5.69 Å². The number of nitrogens with zero attached hydrogens (tertiary/aromatic N) is 3. The summed E-state index contributed by atoms with van der Waals surface area (Å²) in [6.07, 6.45) is 1.85. The van der Waals surface area contributed by atoms with E-state index in [-0.39, 0.29) is 11.9 Å². The molecule has 4 nitrogen and oxygen atoms in total. The highest BCUT2D eigenvalue weighted by Crippen LogP contribution is 2.13. The minimum Gasteiger partial charge on any atom is -0.333 e. The molecular formula is C10H16ClN3OS. The number of carbonyl (C=O) groups excluding carboxylic acids is 1. The predicted octanol–water partition coefficient (Wildman–Crippen LogP) is 2.41. The van der Waals surface area contributed by atoms with E-state index in [1.54, 1.807) is 10.3 Å². The molecular weight excluding hydrogens is 246 g/mol. The lowest BCUT2D eigenvalue weighted by atomic mass is 10.1. The van der Waals surface area contributed by atoms with Crippen LogP contribution in [0.15, 0.2) is 5.38 Å². The molecule has 0 saturated heterocycles. The number of halogens is 1. The fraction of sp³-hybridized carbons (Fsp3) is 0.700. The lowest BCUT2D eigenvalue weighted by Crippen LogP contribution is -2.41. The van der Waals surface area contributed by atoms with Crippen LogP contribution in [0.4, 0.5) is 0 Å². The average molecular weight is 262 g/mol. The van der Waals surface area contributed by atoms with E-state index < -0.39 is 0 Å². The van der Waals surface area contributed by atoms with Gasteiger partial charge in [0, 0.05) is 23.8 Å². The molecule has 0 aliphatic carbocycles. The van der Waals surface area contributed by atoms with Gasteiger partial charge < -0.3 is 4.90 Å². The molecule has 1 heterocycles. The smallest absolute Gasteiger partial charge is 0.275 e. The van der Waals surface area contributed by atoms with Gasteiger partial charge in [-0.2, -0.15) is 0 Å².